The van der Waals surface area contributed by atoms with Crippen LogP contribution in [0, 0.1) is 3.57 Å². The minimum atomic E-state index is 0.105. The van der Waals surface area contributed by atoms with Gasteiger partial charge in [-0.1, -0.05) is 38.3 Å². The summed E-state index contributed by atoms with van der Waals surface area (Å²) in [7, 11) is 0. The number of hydrogen-bond donors (Lipinski definition) is 0. The predicted octanol–water partition coefficient (Wildman–Crippen LogP) is 4.99. The smallest absolute Gasteiger partial charge is 0.254 e. The van der Waals surface area contributed by atoms with Crippen LogP contribution in [0.1, 0.15) is 49.9 Å². The molecule has 0 aliphatic carbocycles. The van der Waals surface area contributed by atoms with Gasteiger partial charge in [0.15, 0.2) is 0 Å². The molecule has 0 saturated heterocycles. The summed E-state index contributed by atoms with van der Waals surface area (Å²) in [6.07, 6.45) is 4.30. The normalized spacial score (nSPS) is 10.5. The van der Waals surface area contributed by atoms with E-state index in [0.717, 1.165) is 47.9 Å². The molecule has 0 aliphatic rings. The van der Waals surface area contributed by atoms with Crippen molar-refractivity contribution < 1.29 is 4.79 Å². The van der Waals surface area contributed by atoms with E-state index in [-0.39, 0.29) is 5.91 Å². The average Bonchev–Trinajstić information content (AvgIpc) is 2.41. The molecule has 0 fully saturated rings. The van der Waals surface area contributed by atoms with Gasteiger partial charge in [0.2, 0.25) is 0 Å². The molecule has 0 spiro atoms. The number of rotatable bonds is 7. The zero-order valence-electron chi connectivity index (χ0n) is 11.6. The van der Waals surface area contributed by atoms with Crippen LogP contribution in [-0.4, -0.2) is 23.9 Å². The lowest BCUT2D eigenvalue weighted by Crippen LogP contribution is -2.33. The van der Waals surface area contributed by atoms with Crippen LogP contribution in [0.3, 0.4) is 0 Å². The molecule has 0 bridgehead atoms. The summed E-state index contributed by atoms with van der Waals surface area (Å²) in [6.45, 7) is 5.95. The number of nitrogens with zero attached hydrogens (tertiary/aromatic N) is 1. The van der Waals surface area contributed by atoms with Crippen molar-refractivity contribution in [2.45, 2.75) is 39.5 Å². The van der Waals surface area contributed by atoms with Crippen molar-refractivity contribution in [3.63, 3.8) is 0 Å². The van der Waals surface area contributed by atoms with E-state index in [1.807, 2.05) is 17.0 Å². The number of amides is 1. The lowest BCUT2D eigenvalue weighted by Gasteiger charge is -2.23. The molecule has 0 saturated carbocycles. The molecule has 19 heavy (non-hydrogen) atoms. The Morgan fingerprint density at radius 3 is 2.32 bits per heavy atom. The maximum atomic E-state index is 12.6. The molecule has 0 aliphatic heterocycles. The molecule has 1 rings (SSSR count). The maximum absolute atomic E-state index is 12.6. The van der Waals surface area contributed by atoms with Gasteiger partial charge in [-0.05, 0) is 53.6 Å². The Balaban J connectivity index is 2.87. The van der Waals surface area contributed by atoms with Crippen LogP contribution >= 0.6 is 34.2 Å². The third kappa shape index (κ3) is 5.30. The van der Waals surface area contributed by atoms with Crippen LogP contribution in [0.15, 0.2) is 18.2 Å². The summed E-state index contributed by atoms with van der Waals surface area (Å²) in [4.78, 5) is 14.6. The van der Waals surface area contributed by atoms with Crippen LogP contribution in [0.25, 0.3) is 0 Å². The van der Waals surface area contributed by atoms with Gasteiger partial charge in [0.25, 0.3) is 5.91 Å². The van der Waals surface area contributed by atoms with Gasteiger partial charge in [-0.25, -0.2) is 0 Å². The van der Waals surface area contributed by atoms with E-state index in [2.05, 4.69) is 36.4 Å². The first-order valence-corrected chi connectivity index (χ1v) is 8.30. The number of carbonyl (C=O) groups excluding carboxylic acids is 1. The predicted molar refractivity (Wildman–Crippen MR) is 89.9 cm³/mol. The van der Waals surface area contributed by atoms with E-state index in [0.29, 0.717) is 5.02 Å². The largest absolute Gasteiger partial charge is 0.339 e. The van der Waals surface area contributed by atoms with Gasteiger partial charge in [0.05, 0.1) is 5.56 Å². The van der Waals surface area contributed by atoms with E-state index in [9.17, 15) is 4.79 Å². The minimum absolute atomic E-state index is 0.105. The lowest BCUT2D eigenvalue weighted by atomic mass is 10.1. The summed E-state index contributed by atoms with van der Waals surface area (Å²) in [5.41, 5.74) is 0.723. The second kappa shape index (κ2) is 8.80. The van der Waals surface area contributed by atoms with Gasteiger partial charge in [0, 0.05) is 21.7 Å². The molecule has 1 amide bonds. The van der Waals surface area contributed by atoms with Crippen molar-refractivity contribution in [3.05, 3.63) is 32.4 Å². The van der Waals surface area contributed by atoms with E-state index >= 15 is 0 Å². The summed E-state index contributed by atoms with van der Waals surface area (Å²) < 4.78 is 0.963. The molecule has 0 unspecified atom stereocenters. The number of benzene rings is 1. The van der Waals surface area contributed by atoms with Crippen molar-refractivity contribution in [1.29, 1.82) is 0 Å². The standard InChI is InChI=1S/C15H21ClINO/c1-3-5-9-18(10-6-4-2)15(19)13-11-12(16)7-8-14(13)17/h7-8,11H,3-6,9-10H2,1-2H3. The van der Waals surface area contributed by atoms with Gasteiger partial charge >= 0.3 is 0 Å². The van der Waals surface area contributed by atoms with Crippen molar-refractivity contribution >= 4 is 40.1 Å². The zero-order chi connectivity index (χ0) is 14.3. The van der Waals surface area contributed by atoms with Gasteiger partial charge in [-0.3, -0.25) is 4.79 Å². The monoisotopic (exact) mass is 393 g/mol. The Labute approximate surface area is 134 Å². The van der Waals surface area contributed by atoms with Gasteiger partial charge in [-0.2, -0.15) is 0 Å². The molecule has 1 aromatic rings. The van der Waals surface area contributed by atoms with Crippen LogP contribution in [0.4, 0.5) is 0 Å². The van der Waals surface area contributed by atoms with Crippen LogP contribution in [0.2, 0.25) is 5.02 Å². The second-order valence-corrected chi connectivity index (χ2v) is 6.22. The van der Waals surface area contributed by atoms with Crippen LogP contribution < -0.4 is 0 Å². The minimum Gasteiger partial charge on any atom is -0.339 e. The molecule has 0 atom stereocenters. The zero-order valence-corrected chi connectivity index (χ0v) is 14.5. The highest BCUT2D eigenvalue weighted by Gasteiger charge is 2.17. The topological polar surface area (TPSA) is 20.3 Å². The number of unbranched alkanes of at least 4 members (excludes halogenated alkanes) is 2. The Hall–Kier alpha value is -0.290. The third-order valence-electron chi connectivity index (χ3n) is 3.01. The summed E-state index contributed by atoms with van der Waals surface area (Å²) in [5.74, 6) is 0.105. The van der Waals surface area contributed by atoms with Gasteiger partial charge in [0.1, 0.15) is 0 Å². The average molecular weight is 394 g/mol. The van der Waals surface area contributed by atoms with Crippen LogP contribution in [0.5, 0.6) is 0 Å². The third-order valence-corrected chi connectivity index (χ3v) is 4.18. The maximum Gasteiger partial charge on any atom is 0.254 e. The molecular formula is C15H21ClINO. The van der Waals surface area contributed by atoms with Gasteiger partial charge < -0.3 is 4.90 Å². The van der Waals surface area contributed by atoms with Crippen molar-refractivity contribution in [3.8, 4) is 0 Å². The Morgan fingerprint density at radius 2 is 1.79 bits per heavy atom. The van der Waals surface area contributed by atoms with E-state index < -0.39 is 0 Å². The molecule has 0 N–H and O–H groups in total. The highest BCUT2D eigenvalue weighted by Crippen LogP contribution is 2.20. The van der Waals surface area contributed by atoms with Crippen LogP contribution in [-0.2, 0) is 0 Å². The molecular weight excluding hydrogens is 373 g/mol. The second-order valence-electron chi connectivity index (χ2n) is 4.62. The highest BCUT2D eigenvalue weighted by atomic mass is 127. The molecule has 1 aromatic carbocycles. The van der Waals surface area contributed by atoms with Gasteiger partial charge in [-0.15, -0.1) is 0 Å². The Morgan fingerprint density at radius 1 is 1.21 bits per heavy atom. The highest BCUT2D eigenvalue weighted by molar-refractivity contribution is 14.1. The quantitative estimate of drug-likeness (QED) is 0.598. The molecule has 0 heterocycles. The fraction of sp³-hybridized carbons (Fsp3) is 0.533. The fourth-order valence-corrected chi connectivity index (χ4v) is 2.58. The van der Waals surface area contributed by atoms with E-state index in [4.69, 9.17) is 11.6 Å². The summed E-state index contributed by atoms with van der Waals surface area (Å²) in [5, 5.41) is 0.620. The lowest BCUT2D eigenvalue weighted by molar-refractivity contribution is 0.0750. The Bertz CT molecular complexity index is 415. The number of hydrogen-bond acceptors (Lipinski definition) is 1. The summed E-state index contributed by atoms with van der Waals surface area (Å²) in [6, 6.07) is 5.49. The molecule has 0 aromatic heterocycles. The van der Waals surface area contributed by atoms with Crippen molar-refractivity contribution in [1.82, 2.24) is 4.90 Å². The van der Waals surface area contributed by atoms with Crippen molar-refractivity contribution in [2.75, 3.05) is 13.1 Å². The van der Waals surface area contributed by atoms with Crippen molar-refractivity contribution in [2.24, 2.45) is 0 Å². The Kier molecular flexibility index (Phi) is 7.76. The first-order valence-electron chi connectivity index (χ1n) is 6.84. The first kappa shape index (κ1) is 16.8. The number of carbonyl (C=O) groups is 1. The fourth-order valence-electron chi connectivity index (χ4n) is 1.84. The molecule has 4 heteroatoms. The molecule has 2 nitrogen and oxygen atoms in total. The molecule has 106 valence electrons. The first-order chi connectivity index (χ1) is 9.10. The summed E-state index contributed by atoms with van der Waals surface area (Å²) >= 11 is 8.20. The SMILES string of the molecule is CCCCN(CCCC)C(=O)c1cc(Cl)ccc1I. The molecule has 0 radical (unpaired) electrons. The number of halogens is 2. The van der Waals surface area contributed by atoms with E-state index in [1.165, 1.54) is 0 Å². The van der Waals surface area contributed by atoms with E-state index in [1.54, 1.807) is 6.07 Å².